The molecule has 0 unspecified atom stereocenters. The van der Waals surface area contributed by atoms with Crippen LogP contribution in [0.2, 0.25) is 0 Å². The second-order valence-corrected chi connectivity index (χ2v) is 2.32. The average molecular weight is 190 g/mol. The van der Waals surface area contributed by atoms with Crippen LogP contribution in [0.15, 0.2) is 36.9 Å². The first kappa shape index (κ1) is 15.2. The van der Waals surface area contributed by atoms with Crippen LogP contribution < -0.4 is 10.4 Å². The summed E-state index contributed by atoms with van der Waals surface area (Å²) in [4.78, 5) is 0. The van der Waals surface area contributed by atoms with E-state index in [9.17, 15) is 0 Å². The maximum Gasteiger partial charge on any atom is -0.0188 e. The quantitative estimate of drug-likeness (QED) is 0.638. The van der Waals surface area contributed by atoms with Crippen LogP contribution in [0.25, 0.3) is 12.2 Å². The van der Waals surface area contributed by atoms with Crippen LogP contribution in [0, 0.1) is 0 Å². The van der Waals surface area contributed by atoms with Crippen molar-refractivity contribution in [3.63, 3.8) is 0 Å². The van der Waals surface area contributed by atoms with Crippen LogP contribution in [0.3, 0.4) is 0 Å². The third-order valence-electron chi connectivity index (χ3n) is 1.60. The molecule has 0 aliphatic heterocycles. The summed E-state index contributed by atoms with van der Waals surface area (Å²) in [6.07, 6.45) is 5.91. The van der Waals surface area contributed by atoms with Crippen LogP contribution >= 0.6 is 0 Å². The Morgan fingerprint density at radius 3 is 2.00 bits per heavy atom. The van der Waals surface area contributed by atoms with Gasteiger partial charge in [0, 0.05) is 0 Å². The molecule has 0 radical (unpaired) electrons. The molecule has 1 rings (SSSR count). The molecule has 0 nitrogen and oxygen atoms in total. The third-order valence-corrected chi connectivity index (χ3v) is 1.60. The van der Waals surface area contributed by atoms with E-state index in [-0.39, 0.29) is 7.43 Å². The highest BCUT2D eigenvalue weighted by Gasteiger charge is 1.78. The molecule has 14 heavy (non-hydrogen) atoms. The lowest BCUT2D eigenvalue weighted by atomic mass is 10.2. The molecule has 1 aromatic carbocycles. The van der Waals surface area contributed by atoms with Crippen molar-refractivity contribution in [2.24, 2.45) is 0 Å². The molecule has 0 spiro atoms. The van der Waals surface area contributed by atoms with Crippen LogP contribution in [0.4, 0.5) is 0 Å². The second-order valence-electron chi connectivity index (χ2n) is 2.32. The van der Waals surface area contributed by atoms with Gasteiger partial charge in [-0.15, -0.1) is 0 Å². The van der Waals surface area contributed by atoms with Gasteiger partial charge in [0.15, 0.2) is 0 Å². The first-order valence-electron chi connectivity index (χ1n) is 4.72. The summed E-state index contributed by atoms with van der Waals surface area (Å²) < 4.78 is 0. The Bertz CT molecular complexity index is 345. The predicted molar refractivity (Wildman–Crippen MR) is 68.6 cm³/mol. The maximum absolute atomic E-state index is 3.66. The first-order chi connectivity index (χ1) is 6.38. The van der Waals surface area contributed by atoms with Gasteiger partial charge in [0.05, 0.1) is 0 Å². The van der Waals surface area contributed by atoms with Gasteiger partial charge in [-0.2, -0.15) is 0 Å². The van der Waals surface area contributed by atoms with Gasteiger partial charge in [-0.05, 0) is 17.4 Å². The molecule has 0 fully saturated rings. The topological polar surface area (TPSA) is 0 Å². The fraction of sp³-hybridized carbons (Fsp3) is 0.286. The molecule has 0 saturated carbocycles. The summed E-state index contributed by atoms with van der Waals surface area (Å²) in [5.74, 6) is 0. The lowest BCUT2D eigenvalue weighted by Crippen LogP contribution is -2.22. The van der Waals surface area contributed by atoms with Crippen LogP contribution in [-0.2, 0) is 0 Å². The zero-order valence-electron chi connectivity index (χ0n) is 8.75. The molecular weight excluding hydrogens is 168 g/mol. The fourth-order valence-electron chi connectivity index (χ4n) is 1.05. The molecule has 0 atom stereocenters. The molecule has 0 aromatic heterocycles. The molecule has 0 aliphatic carbocycles. The Morgan fingerprint density at radius 1 is 1.07 bits per heavy atom. The lowest BCUT2D eigenvalue weighted by Gasteiger charge is -1.86. The predicted octanol–water partition coefficient (Wildman–Crippen LogP) is 3.12. The van der Waals surface area contributed by atoms with Crippen molar-refractivity contribution >= 4 is 12.2 Å². The smallest absolute Gasteiger partial charge is 0.0188 e. The van der Waals surface area contributed by atoms with Gasteiger partial charge < -0.3 is 0 Å². The molecule has 1 aromatic rings. The highest BCUT2D eigenvalue weighted by Crippen LogP contribution is 1.72. The highest BCUT2D eigenvalue weighted by molar-refractivity contribution is 5.37. The molecule has 0 heterocycles. The van der Waals surface area contributed by atoms with E-state index in [2.05, 4.69) is 24.8 Å². The van der Waals surface area contributed by atoms with Gasteiger partial charge in [0.2, 0.25) is 0 Å². The summed E-state index contributed by atoms with van der Waals surface area (Å²) in [5.41, 5.74) is 0. The standard InChI is InChI=1S/C11H12.C2H6.CH4/c1-3-7-11-9-6-5-8-10(11)4-2;1-2;/h3-9H,1H2,2H3;1-2H3;1H4/b10-4-,11-7-;;. The third kappa shape index (κ3) is 4.66. The summed E-state index contributed by atoms with van der Waals surface area (Å²) >= 11 is 0. The van der Waals surface area contributed by atoms with Crippen molar-refractivity contribution < 1.29 is 0 Å². The minimum absolute atomic E-state index is 0. The molecule has 0 heteroatoms. The summed E-state index contributed by atoms with van der Waals surface area (Å²) in [6, 6.07) is 8.24. The van der Waals surface area contributed by atoms with Crippen LogP contribution in [0.5, 0.6) is 0 Å². The highest BCUT2D eigenvalue weighted by atomic mass is 13.8. The Morgan fingerprint density at radius 2 is 1.57 bits per heavy atom. The van der Waals surface area contributed by atoms with Gasteiger partial charge in [0.25, 0.3) is 0 Å². The second kappa shape index (κ2) is 9.79. The summed E-state index contributed by atoms with van der Waals surface area (Å²) in [7, 11) is 0. The van der Waals surface area contributed by atoms with Crippen molar-refractivity contribution in [1.29, 1.82) is 0 Å². The van der Waals surface area contributed by atoms with Crippen molar-refractivity contribution in [1.82, 2.24) is 0 Å². The maximum atomic E-state index is 3.66. The van der Waals surface area contributed by atoms with E-state index in [0.29, 0.717) is 0 Å². The molecular formula is C14H22. The van der Waals surface area contributed by atoms with E-state index < -0.39 is 0 Å². The molecule has 0 saturated heterocycles. The number of rotatable bonds is 1. The van der Waals surface area contributed by atoms with Crippen LogP contribution in [-0.4, -0.2) is 0 Å². The summed E-state index contributed by atoms with van der Waals surface area (Å²) in [6.45, 7) is 9.70. The zero-order valence-corrected chi connectivity index (χ0v) is 8.75. The van der Waals surface area contributed by atoms with E-state index in [1.165, 1.54) is 10.4 Å². The van der Waals surface area contributed by atoms with Crippen molar-refractivity contribution in [3.05, 3.63) is 47.4 Å². The van der Waals surface area contributed by atoms with Crippen molar-refractivity contribution in [2.75, 3.05) is 0 Å². The Hall–Kier alpha value is -1.30. The van der Waals surface area contributed by atoms with Gasteiger partial charge in [-0.3, -0.25) is 0 Å². The Labute approximate surface area is 88.3 Å². The molecule has 0 bridgehead atoms. The molecule has 0 aliphatic rings. The van der Waals surface area contributed by atoms with Crippen molar-refractivity contribution in [2.45, 2.75) is 28.2 Å². The number of benzene rings is 1. The largest absolute Gasteiger partial charge is 0.0990 e. The SMILES string of the molecule is C.C=C/C=c1/cccc/c1=C/C.CC. The monoisotopic (exact) mass is 190 g/mol. The Kier molecular flexibility index (Phi) is 10.6. The number of hydrogen-bond donors (Lipinski definition) is 0. The van der Waals surface area contributed by atoms with E-state index in [0.717, 1.165) is 0 Å². The minimum atomic E-state index is 0. The molecule has 78 valence electrons. The van der Waals surface area contributed by atoms with Gasteiger partial charge in [-0.1, -0.05) is 70.3 Å². The minimum Gasteiger partial charge on any atom is -0.0990 e. The first-order valence-corrected chi connectivity index (χ1v) is 4.72. The van der Waals surface area contributed by atoms with E-state index >= 15 is 0 Å². The average Bonchev–Trinajstić information content (AvgIpc) is 2.22. The summed E-state index contributed by atoms with van der Waals surface area (Å²) in [5, 5.41) is 2.48. The fourth-order valence-corrected chi connectivity index (χ4v) is 1.05. The van der Waals surface area contributed by atoms with Crippen LogP contribution in [0.1, 0.15) is 28.2 Å². The van der Waals surface area contributed by atoms with Crippen molar-refractivity contribution in [3.8, 4) is 0 Å². The van der Waals surface area contributed by atoms with Gasteiger partial charge >= 0.3 is 0 Å². The molecule has 0 amide bonds. The van der Waals surface area contributed by atoms with Gasteiger partial charge in [0.1, 0.15) is 0 Å². The normalized spacial score (nSPS) is 11.1. The number of allylic oxidation sites excluding steroid dienone is 1. The van der Waals surface area contributed by atoms with E-state index in [1.807, 2.05) is 45.1 Å². The van der Waals surface area contributed by atoms with E-state index in [4.69, 9.17) is 0 Å². The molecule has 0 N–H and O–H groups in total. The lowest BCUT2D eigenvalue weighted by molar-refractivity contribution is 1.50. The van der Waals surface area contributed by atoms with E-state index in [1.54, 1.807) is 0 Å². The zero-order chi connectivity index (χ0) is 10.1. The number of hydrogen-bond acceptors (Lipinski definition) is 0. The van der Waals surface area contributed by atoms with Gasteiger partial charge in [-0.25, -0.2) is 0 Å². The Balaban J connectivity index is 0.